The Morgan fingerprint density at radius 3 is 1.72 bits per heavy atom. The van der Waals surface area contributed by atoms with Crippen LogP contribution in [-0.2, 0) is 10.2 Å². The second-order valence-corrected chi connectivity index (χ2v) is 14.2. The quantitative estimate of drug-likeness (QED) is 0.0750. The monoisotopic (exact) mass is 616 g/mol. The summed E-state index contributed by atoms with van der Waals surface area (Å²) in [5, 5.41) is 0. The third kappa shape index (κ3) is 6.14. The molecular weight excluding hydrogens is 564 g/mol. The van der Waals surface area contributed by atoms with Crippen LogP contribution in [0, 0.1) is 19.3 Å². The maximum absolute atomic E-state index is 13.3. The molecule has 0 amide bonds. The molecule has 1 atom stereocenters. The normalized spacial score (nSPS) is 14.7. The molecule has 0 radical (unpaired) electrons. The molecule has 0 heterocycles. The summed E-state index contributed by atoms with van der Waals surface area (Å²) in [6, 6.07) is 30.7. The molecule has 4 aromatic carbocycles. The zero-order valence-electron chi connectivity index (χ0n) is 29.3. The largest absolute Gasteiger partial charge is 0.487 e. The first-order valence-corrected chi connectivity index (χ1v) is 17.3. The Morgan fingerprint density at radius 2 is 1.22 bits per heavy atom. The first-order chi connectivity index (χ1) is 22.0. The SMILES string of the molecule is CCCCCC(C)(C)C(=O)Oc1ccc(C2(c3ccc(OC(C)(CC)CCC)c(C)c3)c3ccccc3-c3ccccc32)cc1C. The molecule has 1 aliphatic carbocycles. The predicted molar refractivity (Wildman–Crippen MR) is 191 cm³/mol. The molecule has 0 spiro atoms. The second kappa shape index (κ2) is 13.5. The summed E-state index contributed by atoms with van der Waals surface area (Å²) in [4.78, 5) is 13.3. The topological polar surface area (TPSA) is 35.5 Å². The lowest BCUT2D eigenvalue weighted by atomic mass is 9.67. The van der Waals surface area contributed by atoms with E-state index >= 15 is 0 Å². The first-order valence-electron chi connectivity index (χ1n) is 17.3. The van der Waals surface area contributed by atoms with Crippen LogP contribution >= 0.6 is 0 Å². The van der Waals surface area contributed by atoms with Crippen LogP contribution in [0.1, 0.15) is 120 Å². The van der Waals surface area contributed by atoms with Gasteiger partial charge in [0, 0.05) is 0 Å². The molecule has 0 saturated heterocycles. The number of esters is 1. The minimum absolute atomic E-state index is 0.168. The molecule has 46 heavy (non-hydrogen) atoms. The predicted octanol–water partition coefficient (Wildman–Crippen LogP) is 11.5. The van der Waals surface area contributed by atoms with E-state index in [2.05, 4.69) is 120 Å². The number of fused-ring (bicyclic) bond motifs is 3. The van der Waals surface area contributed by atoms with Gasteiger partial charge in [-0.05, 0) is 111 Å². The molecule has 0 aromatic heterocycles. The highest BCUT2D eigenvalue weighted by atomic mass is 16.5. The number of benzene rings is 4. The summed E-state index contributed by atoms with van der Waals surface area (Å²) in [6.45, 7) is 17.0. The lowest BCUT2D eigenvalue weighted by Crippen LogP contribution is -2.32. The van der Waals surface area contributed by atoms with Gasteiger partial charge >= 0.3 is 5.97 Å². The summed E-state index contributed by atoms with van der Waals surface area (Å²) in [7, 11) is 0. The number of carbonyl (C=O) groups excluding carboxylic acids is 1. The van der Waals surface area contributed by atoms with Gasteiger partial charge in [-0.3, -0.25) is 4.79 Å². The molecule has 3 heteroatoms. The summed E-state index contributed by atoms with van der Waals surface area (Å²) >= 11 is 0. The molecule has 1 unspecified atom stereocenters. The maximum atomic E-state index is 13.3. The average Bonchev–Trinajstić information content (AvgIpc) is 3.34. The highest BCUT2D eigenvalue weighted by molar-refractivity contribution is 5.86. The van der Waals surface area contributed by atoms with E-state index in [1.54, 1.807) is 0 Å². The van der Waals surface area contributed by atoms with E-state index in [9.17, 15) is 4.79 Å². The van der Waals surface area contributed by atoms with Crippen molar-refractivity contribution in [1.29, 1.82) is 0 Å². The van der Waals surface area contributed by atoms with Crippen molar-refractivity contribution in [2.75, 3.05) is 0 Å². The van der Waals surface area contributed by atoms with E-state index in [0.717, 1.165) is 67.4 Å². The van der Waals surface area contributed by atoms with Crippen molar-refractivity contribution in [3.63, 3.8) is 0 Å². The van der Waals surface area contributed by atoms with Crippen molar-refractivity contribution < 1.29 is 14.3 Å². The second-order valence-electron chi connectivity index (χ2n) is 14.2. The molecule has 0 fully saturated rings. The van der Waals surface area contributed by atoms with Crippen molar-refractivity contribution in [2.45, 2.75) is 111 Å². The van der Waals surface area contributed by atoms with Crippen LogP contribution in [0.25, 0.3) is 11.1 Å². The third-order valence-electron chi connectivity index (χ3n) is 10.2. The molecule has 3 nitrogen and oxygen atoms in total. The van der Waals surface area contributed by atoms with Crippen LogP contribution < -0.4 is 9.47 Å². The minimum Gasteiger partial charge on any atom is -0.487 e. The van der Waals surface area contributed by atoms with Gasteiger partial charge in [0.2, 0.25) is 0 Å². The van der Waals surface area contributed by atoms with Crippen LogP contribution in [0.2, 0.25) is 0 Å². The fourth-order valence-electron chi connectivity index (χ4n) is 7.27. The Bertz CT molecular complexity index is 1650. The minimum atomic E-state index is -0.541. The van der Waals surface area contributed by atoms with Crippen LogP contribution in [0.4, 0.5) is 0 Å². The molecule has 242 valence electrons. The van der Waals surface area contributed by atoms with Crippen molar-refractivity contribution in [1.82, 2.24) is 0 Å². The van der Waals surface area contributed by atoms with Gasteiger partial charge in [-0.15, -0.1) is 0 Å². The molecule has 0 bridgehead atoms. The third-order valence-corrected chi connectivity index (χ3v) is 10.2. The van der Waals surface area contributed by atoms with Crippen molar-refractivity contribution in [3.05, 3.63) is 118 Å². The molecular formula is C43H52O3. The van der Waals surface area contributed by atoms with Gasteiger partial charge in [-0.2, -0.15) is 0 Å². The highest BCUT2D eigenvalue weighted by Gasteiger charge is 2.46. The zero-order chi connectivity index (χ0) is 33.1. The molecule has 0 N–H and O–H groups in total. The molecule has 1 aliphatic rings. The van der Waals surface area contributed by atoms with E-state index < -0.39 is 10.8 Å². The smallest absolute Gasteiger partial charge is 0.316 e. The first kappa shape index (κ1) is 33.5. The van der Waals surface area contributed by atoms with E-state index in [0.29, 0.717) is 5.75 Å². The van der Waals surface area contributed by atoms with Crippen molar-refractivity contribution >= 4 is 5.97 Å². The van der Waals surface area contributed by atoms with Gasteiger partial charge in [0.05, 0.1) is 10.8 Å². The van der Waals surface area contributed by atoms with Gasteiger partial charge in [-0.25, -0.2) is 0 Å². The Hall–Kier alpha value is -3.85. The van der Waals surface area contributed by atoms with Crippen LogP contribution in [0.15, 0.2) is 84.9 Å². The summed E-state index contributed by atoms with van der Waals surface area (Å²) in [5.41, 5.74) is 8.18. The Balaban J connectivity index is 1.63. The van der Waals surface area contributed by atoms with Crippen molar-refractivity contribution in [3.8, 4) is 22.6 Å². The standard InChI is InChI=1S/C43H52O3/c1-9-12-17-27-41(6,7)40(44)45-38-24-22-32(28-30(38)4)43(36-20-15-13-18-34(36)35-19-14-16-21-37(35)43)33-23-25-39(31(5)29-33)46-42(8,11-3)26-10-2/h13-16,18-25,28-29H,9-12,17,26-27H2,1-8H3. The number of hydrogen-bond donors (Lipinski definition) is 0. The van der Waals surface area contributed by atoms with Gasteiger partial charge in [0.1, 0.15) is 17.1 Å². The van der Waals surface area contributed by atoms with Crippen LogP contribution in [-0.4, -0.2) is 11.6 Å². The average molecular weight is 617 g/mol. The van der Waals surface area contributed by atoms with Gasteiger partial charge in [0.15, 0.2) is 0 Å². The summed E-state index contributed by atoms with van der Waals surface area (Å²) in [5.74, 6) is 1.40. The highest BCUT2D eigenvalue weighted by Crippen LogP contribution is 2.56. The van der Waals surface area contributed by atoms with Gasteiger partial charge < -0.3 is 9.47 Å². The Morgan fingerprint density at radius 1 is 0.674 bits per heavy atom. The van der Waals surface area contributed by atoms with Crippen LogP contribution in [0.3, 0.4) is 0 Å². The zero-order valence-corrected chi connectivity index (χ0v) is 29.3. The van der Waals surface area contributed by atoms with E-state index in [4.69, 9.17) is 9.47 Å². The fourth-order valence-corrected chi connectivity index (χ4v) is 7.27. The van der Waals surface area contributed by atoms with Crippen LogP contribution in [0.5, 0.6) is 11.5 Å². The number of unbranched alkanes of at least 4 members (excludes halogenated alkanes) is 2. The fraction of sp³-hybridized carbons (Fsp3) is 0.419. The Labute approximate surface area is 277 Å². The molecule has 0 aliphatic heterocycles. The number of ether oxygens (including phenoxy) is 2. The number of aryl methyl sites for hydroxylation is 2. The summed E-state index contributed by atoms with van der Waals surface area (Å²) < 4.78 is 12.8. The number of rotatable bonds is 13. The van der Waals surface area contributed by atoms with Gasteiger partial charge in [0.25, 0.3) is 0 Å². The number of hydrogen-bond acceptors (Lipinski definition) is 3. The maximum Gasteiger partial charge on any atom is 0.316 e. The molecule has 0 saturated carbocycles. The Kier molecular flexibility index (Phi) is 9.82. The molecule has 4 aromatic rings. The van der Waals surface area contributed by atoms with Crippen molar-refractivity contribution in [2.24, 2.45) is 5.41 Å². The van der Waals surface area contributed by atoms with E-state index in [1.807, 2.05) is 19.9 Å². The van der Waals surface area contributed by atoms with E-state index in [1.165, 1.54) is 27.8 Å². The molecule has 5 rings (SSSR count). The van der Waals surface area contributed by atoms with E-state index in [-0.39, 0.29) is 11.6 Å². The van der Waals surface area contributed by atoms with Gasteiger partial charge in [-0.1, -0.05) is 119 Å². The number of carbonyl (C=O) groups is 1. The summed E-state index contributed by atoms with van der Waals surface area (Å²) in [6.07, 6.45) is 7.16. The lowest BCUT2D eigenvalue weighted by Gasteiger charge is -2.35. The lowest BCUT2D eigenvalue weighted by molar-refractivity contribution is -0.144.